The third-order valence-electron chi connectivity index (χ3n) is 2.64. The zero-order valence-electron chi connectivity index (χ0n) is 10.7. The third-order valence-corrected chi connectivity index (χ3v) is 3.47. The Hall–Kier alpha value is -1.42. The number of nitrogens with zero attached hydrogens (tertiary/aromatic N) is 2. The highest BCUT2D eigenvalue weighted by atomic mass is 79.9. The van der Waals surface area contributed by atoms with E-state index in [0.717, 1.165) is 33.6 Å². The van der Waals surface area contributed by atoms with E-state index in [2.05, 4.69) is 32.8 Å². The number of ether oxygens (including phenoxy) is 1. The van der Waals surface area contributed by atoms with Gasteiger partial charge < -0.3 is 4.74 Å². The van der Waals surface area contributed by atoms with Gasteiger partial charge in [0.15, 0.2) is 5.75 Å². The zero-order chi connectivity index (χ0) is 13.1. The molecule has 0 atom stereocenters. The summed E-state index contributed by atoms with van der Waals surface area (Å²) in [6, 6.07) is 5.80. The van der Waals surface area contributed by atoms with Gasteiger partial charge in [0.25, 0.3) is 0 Å². The zero-order valence-corrected chi connectivity index (χ0v) is 12.3. The van der Waals surface area contributed by atoms with Gasteiger partial charge in [0.2, 0.25) is 5.88 Å². The van der Waals surface area contributed by atoms with Crippen LogP contribution in [0.4, 0.5) is 0 Å². The first-order valence-electron chi connectivity index (χ1n) is 5.86. The van der Waals surface area contributed by atoms with Crippen molar-refractivity contribution >= 4 is 15.9 Å². The van der Waals surface area contributed by atoms with Gasteiger partial charge in [-0.3, -0.25) is 4.98 Å². The van der Waals surface area contributed by atoms with Crippen molar-refractivity contribution in [2.24, 2.45) is 0 Å². The van der Waals surface area contributed by atoms with Crippen LogP contribution in [0.3, 0.4) is 0 Å². The van der Waals surface area contributed by atoms with Crippen molar-refractivity contribution < 1.29 is 4.74 Å². The van der Waals surface area contributed by atoms with Crippen LogP contribution >= 0.6 is 15.9 Å². The molecular weight excluding hydrogens is 292 g/mol. The van der Waals surface area contributed by atoms with Crippen LogP contribution in [0.25, 0.3) is 0 Å². The van der Waals surface area contributed by atoms with Crippen molar-refractivity contribution in [2.45, 2.75) is 27.2 Å². The summed E-state index contributed by atoms with van der Waals surface area (Å²) < 4.78 is 6.78. The molecule has 0 aliphatic heterocycles. The Balaban J connectivity index is 2.30. The van der Waals surface area contributed by atoms with E-state index in [1.165, 1.54) is 0 Å². The maximum absolute atomic E-state index is 5.80. The molecule has 0 spiro atoms. The number of pyridine rings is 2. The summed E-state index contributed by atoms with van der Waals surface area (Å²) in [6.07, 6.45) is 2.59. The van der Waals surface area contributed by atoms with Crippen LogP contribution in [-0.4, -0.2) is 9.97 Å². The maximum atomic E-state index is 5.80. The van der Waals surface area contributed by atoms with Gasteiger partial charge in [-0.2, -0.15) is 0 Å². The lowest BCUT2D eigenvalue weighted by Gasteiger charge is -2.10. The van der Waals surface area contributed by atoms with Crippen molar-refractivity contribution in [3.8, 4) is 11.6 Å². The van der Waals surface area contributed by atoms with Crippen LogP contribution in [0, 0.1) is 13.8 Å². The number of hydrogen-bond acceptors (Lipinski definition) is 3. The van der Waals surface area contributed by atoms with Crippen molar-refractivity contribution in [1.29, 1.82) is 0 Å². The molecule has 94 valence electrons. The Morgan fingerprint density at radius 2 is 2.06 bits per heavy atom. The van der Waals surface area contributed by atoms with Crippen LogP contribution in [0.1, 0.15) is 23.9 Å². The lowest BCUT2D eigenvalue weighted by molar-refractivity contribution is 0.453. The lowest BCUT2D eigenvalue weighted by atomic mass is 10.2. The monoisotopic (exact) mass is 306 g/mol. The SMILES string of the molecule is CCc1nc(C)ccc1Oc1cc(C)c(Br)cn1. The first kappa shape index (κ1) is 13.0. The van der Waals surface area contributed by atoms with E-state index in [1.807, 2.05) is 32.0 Å². The van der Waals surface area contributed by atoms with Crippen LogP contribution in [-0.2, 0) is 6.42 Å². The van der Waals surface area contributed by atoms with Gasteiger partial charge in [-0.25, -0.2) is 4.98 Å². The minimum absolute atomic E-state index is 0.594. The number of halogens is 1. The second kappa shape index (κ2) is 5.48. The highest BCUT2D eigenvalue weighted by molar-refractivity contribution is 9.10. The Morgan fingerprint density at radius 1 is 1.28 bits per heavy atom. The van der Waals surface area contributed by atoms with Gasteiger partial charge in [0.1, 0.15) is 0 Å². The molecule has 0 aliphatic rings. The standard InChI is InChI=1S/C14H15BrN2O/c1-4-12-13(6-5-10(3)17-12)18-14-7-9(2)11(15)8-16-14/h5-8H,4H2,1-3H3. The Morgan fingerprint density at radius 3 is 2.72 bits per heavy atom. The van der Waals surface area contributed by atoms with E-state index in [-0.39, 0.29) is 0 Å². The third kappa shape index (κ3) is 2.88. The average Bonchev–Trinajstić information content (AvgIpc) is 2.36. The fourth-order valence-electron chi connectivity index (χ4n) is 1.63. The number of rotatable bonds is 3. The van der Waals surface area contributed by atoms with Crippen molar-refractivity contribution in [3.05, 3.63) is 45.8 Å². The summed E-state index contributed by atoms with van der Waals surface area (Å²) in [5, 5.41) is 0. The van der Waals surface area contributed by atoms with Gasteiger partial charge in [0, 0.05) is 22.4 Å². The quantitative estimate of drug-likeness (QED) is 0.852. The van der Waals surface area contributed by atoms with Gasteiger partial charge >= 0.3 is 0 Å². The molecule has 0 saturated heterocycles. The van der Waals surface area contributed by atoms with E-state index in [9.17, 15) is 0 Å². The molecule has 0 radical (unpaired) electrons. The molecule has 3 nitrogen and oxygen atoms in total. The Kier molecular flexibility index (Phi) is 3.97. The molecule has 4 heteroatoms. The minimum Gasteiger partial charge on any atom is -0.437 e. The Bertz CT molecular complexity index is 570. The molecule has 2 aromatic heterocycles. The van der Waals surface area contributed by atoms with Crippen LogP contribution in [0.5, 0.6) is 11.6 Å². The second-order valence-corrected chi connectivity index (χ2v) is 4.98. The summed E-state index contributed by atoms with van der Waals surface area (Å²) in [5.41, 5.74) is 3.05. The highest BCUT2D eigenvalue weighted by Crippen LogP contribution is 2.26. The summed E-state index contributed by atoms with van der Waals surface area (Å²) in [6.45, 7) is 6.05. The van der Waals surface area contributed by atoms with Gasteiger partial charge in [0.05, 0.1) is 5.69 Å². The molecule has 2 aromatic rings. The Labute approximate surface area is 115 Å². The van der Waals surface area contributed by atoms with Gasteiger partial charge in [-0.15, -0.1) is 0 Å². The molecular formula is C14H15BrN2O. The topological polar surface area (TPSA) is 35.0 Å². The molecule has 0 N–H and O–H groups in total. The minimum atomic E-state index is 0.594. The van der Waals surface area contributed by atoms with Crippen LogP contribution < -0.4 is 4.74 Å². The van der Waals surface area contributed by atoms with E-state index in [0.29, 0.717) is 5.88 Å². The molecule has 0 unspecified atom stereocenters. The number of aromatic nitrogens is 2. The summed E-state index contributed by atoms with van der Waals surface area (Å²) in [4.78, 5) is 8.70. The summed E-state index contributed by atoms with van der Waals surface area (Å²) in [7, 11) is 0. The highest BCUT2D eigenvalue weighted by Gasteiger charge is 2.07. The second-order valence-electron chi connectivity index (χ2n) is 4.12. The molecule has 0 saturated carbocycles. The first-order chi connectivity index (χ1) is 8.60. The molecule has 0 aromatic carbocycles. The van der Waals surface area contributed by atoms with Crippen molar-refractivity contribution in [2.75, 3.05) is 0 Å². The van der Waals surface area contributed by atoms with Crippen LogP contribution in [0.2, 0.25) is 0 Å². The lowest BCUT2D eigenvalue weighted by Crippen LogP contribution is -1.97. The molecule has 2 heterocycles. The molecule has 0 bridgehead atoms. The molecule has 2 rings (SSSR count). The molecule has 0 amide bonds. The summed E-state index contributed by atoms with van der Waals surface area (Å²) >= 11 is 3.42. The van der Waals surface area contributed by atoms with E-state index in [4.69, 9.17) is 4.74 Å². The van der Waals surface area contributed by atoms with Crippen molar-refractivity contribution in [1.82, 2.24) is 9.97 Å². The largest absolute Gasteiger partial charge is 0.437 e. The first-order valence-corrected chi connectivity index (χ1v) is 6.66. The predicted octanol–water partition coefficient (Wildman–Crippen LogP) is 4.21. The smallest absolute Gasteiger partial charge is 0.219 e. The van der Waals surface area contributed by atoms with Crippen molar-refractivity contribution in [3.63, 3.8) is 0 Å². The fraction of sp³-hybridized carbons (Fsp3) is 0.286. The number of aryl methyl sites for hydroxylation is 3. The predicted molar refractivity (Wildman–Crippen MR) is 75.1 cm³/mol. The maximum Gasteiger partial charge on any atom is 0.219 e. The van der Waals surface area contributed by atoms with E-state index in [1.54, 1.807) is 6.20 Å². The van der Waals surface area contributed by atoms with E-state index >= 15 is 0 Å². The molecule has 0 aliphatic carbocycles. The normalized spacial score (nSPS) is 10.4. The number of hydrogen-bond donors (Lipinski definition) is 0. The fourth-order valence-corrected chi connectivity index (χ4v) is 1.84. The summed E-state index contributed by atoms with van der Waals surface area (Å²) in [5.74, 6) is 1.37. The van der Waals surface area contributed by atoms with Crippen LogP contribution in [0.15, 0.2) is 28.9 Å². The molecule has 0 fully saturated rings. The average molecular weight is 307 g/mol. The van der Waals surface area contributed by atoms with E-state index < -0.39 is 0 Å². The van der Waals surface area contributed by atoms with Gasteiger partial charge in [-0.05, 0) is 53.9 Å². The van der Waals surface area contributed by atoms with Gasteiger partial charge in [-0.1, -0.05) is 6.92 Å². The molecule has 18 heavy (non-hydrogen) atoms.